The quantitative estimate of drug-likeness (QED) is 0.796. The van der Waals surface area contributed by atoms with Gasteiger partial charge in [0.05, 0.1) is 30.4 Å². The number of aromatic nitrogens is 2. The number of carbonyl (C=O) groups is 2. The summed E-state index contributed by atoms with van der Waals surface area (Å²) >= 11 is 5.78. The van der Waals surface area contributed by atoms with Gasteiger partial charge in [-0.2, -0.15) is 5.10 Å². The topological polar surface area (TPSA) is 88.9 Å². The number of amides is 3. The fourth-order valence-corrected chi connectivity index (χ4v) is 3.84. The number of hydroxylamine groups is 2. The van der Waals surface area contributed by atoms with Gasteiger partial charge in [0.15, 0.2) is 0 Å². The maximum atomic E-state index is 13.3. The minimum absolute atomic E-state index is 0.0741. The molecule has 0 aliphatic carbocycles. The van der Waals surface area contributed by atoms with Crippen LogP contribution in [0.3, 0.4) is 0 Å². The van der Waals surface area contributed by atoms with Crippen molar-refractivity contribution in [3.63, 3.8) is 0 Å². The molecule has 30 heavy (non-hydrogen) atoms. The maximum absolute atomic E-state index is 13.3. The number of ether oxygens (including phenoxy) is 1. The summed E-state index contributed by atoms with van der Waals surface area (Å²) in [5.74, 6) is -0.883. The number of nitrogens with one attached hydrogen (secondary N) is 1. The van der Waals surface area contributed by atoms with Gasteiger partial charge in [0.1, 0.15) is 17.6 Å². The Labute approximate surface area is 177 Å². The molecule has 0 fully saturated rings. The van der Waals surface area contributed by atoms with Crippen LogP contribution >= 0.6 is 11.6 Å². The van der Waals surface area contributed by atoms with Gasteiger partial charge in [-0.3, -0.25) is 14.3 Å². The Morgan fingerprint density at radius 3 is 3.00 bits per heavy atom. The number of hydrogen-bond acceptors (Lipinski definition) is 5. The van der Waals surface area contributed by atoms with Gasteiger partial charge in [0.2, 0.25) is 0 Å². The highest BCUT2D eigenvalue weighted by molar-refractivity contribution is 6.31. The monoisotopic (exact) mass is 437 g/mol. The number of halogens is 2. The molecule has 0 spiro atoms. The maximum Gasteiger partial charge on any atom is 0.322 e. The molecule has 0 saturated heterocycles. The van der Waals surface area contributed by atoms with Crippen molar-refractivity contribution in [3.05, 3.63) is 46.0 Å². The zero-order valence-corrected chi connectivity index (χ0v) is 17.3. The third-order valence-corrected chi connectivity index (χ3v) is 5.37. The Balaban J connectivity index is 1.56. The standard InChI is InChI=1S/C19H21ClFN5O4/c1-24-18(27)17-13-9-25(19(28)22-11-3-4-15(21)14(20)7-11)6-5-16(13)23-26(17)8-12(30-24)10-29-2/h3-4,7,12H,5-6,8-10H2,1-2H3,(H,22,28). The summed E-state index contributed by atoms with van der Waals surface area (Å²) in [6.07, 6.45) is 0.161. The molecule has 3 amide bonds. The second-order valence-corrected chi connectivity index (χ2v) is 7.58. The SMILES string of the molecule is COCC1Cn2nc3c(c2C(=O)N(C)O1)CN(C(=O)Nc1ccc(F)c(Cl)c1)CC3. The first-order chi connectivity index (χ1) is 14.4. The lowest BCUT2D eigenvalue weighted by Crippen LogP contribution is -2.39. The molecular formula is C19H21ClFN5O4. The fraction of sp³-hybridized carbons (Fsp3) is 0.421. The molecule has 1 unspecified atom stereocenters. The second kappa shape index (κ2) is 8.21. The molecule has 0 bridgehead atoms. The summed E-state index contributed by atoms with van der Waals surface area (Å²) in [5, 5.41) is 8.41. The molecule has 4 rings (SSSR count). The van der Waals surface area contributed by atoms with Crippen LogP contribution in [0.25, 0.3) is 0 Å². The molecule has 2 aliphatic heterocycles. The first-order valence-electron chi connectivity index (χ1n) is 9.40. The minimum atomic E-state index is -0.559. The Hall–Kier alpha value is -2.69. The molecule has 1 aromatic carbocycles. The summed E-state index contributed by atoms with van der Waals surface area (Å²) in [5.41, 5.74) is 2.29. The summed E-state index contributed by atoms with van der Waals surface area (Å²) in [6.45, 7) is 1.34. The molecule has 1 atom stereocenters. The number of methoxy groups -OCH3 is 1. The number of carbonyl (C=O) groups excluding carboxylic acids is 2. The van der Waals surface area contributed by atoms with Crippen LogP contribution in [0.1, 0.15) is 21.7 Å². The summed E-state index contributed by atoms with van der Waals surface area (Å²) in [6, 6.07) is 3.61. The first-order valence-corrected chi connectivity index (χ1v) is 9.78. The number of anilines is 1. The van der Waals surface area contributed by atoms with Gasteiger partial charge in [0.25, 0.3) is 5.91 Å². The van der Waals surface area contributed by atoms with Crippen molar-refractivity contribution in [2.24, 2.45) is 0 Å². The van der Waals surface area contributed by atoms with Crippen LogP contribution in [0.2, 0.25) is 5.02 Å². The van der Waals surface area contributed by atoms with Crippen LogP contribution in [0.5, 0.6) is 0 Å². The van der Waals surface area contributed by atoms with Gasteiger partial charge in [-0.05, 0) is 18.2 Å². The first kappa shape index (κ1) is 20.6. The van der Waals surface area contributed by atoms with E-state index in [1.54, 1.807) is 23.7 Å². The van der Waals surface area contributed by atoms with Crippen LogP contribution < -0.4 is 5.32 Å². The number of hydrogen-bond donors (Lipinski definition) is 1. The van der Waals surface area contributed by atoms with Gasteiger partial charge < -0.3 is 15.0 Å². The van der Waals surface area contributed by atoms with Crippen molar-refractivity contribution in [2.45, 2.75) is 25.6 Å². The van der Waals surface area contributed by atoms with Crippen LogP contribution in [-0.4, -0.2) is 65.1 Å². The zero-order valence-electron chi connectivity index (χ0n) is 16.5. The third-order valence-electron chi connectivity index (χ3n) is 5.08. The Morgan fingerprint density at radius 2 is 2.27 bits per heavy atom. The molecule has 0 saturated carbocycles. The van der Waals surface area contributed by atoms with Crippen LogP contribution in [0, 0.1) is 5.82 Å². The van der Waals surface area contributed by atoms with Gasteiger partial charge in [-0.25, -0.2) is 14.2 Å². The predicted octanol–water partition coefficient (Wildman–Crippen LogP) is 2.30. The van der Waals surface area contributed by atoms with Crippen molar-refractivity contribution in [2.75, 3.05) is 32.6 Å². The van der Waals surface area contributed by atoms with Gasteiger partial charge in [0, 0.05) is 38.4 Å². The molecule has 11 heteroatoms. The largest absolute Gasteiger partial charge is 0.382 e. The average Bonchev–Trinajstić information content (AvgIpc) is 3.01. The number of urea groups is 1. The van der Waals surface area contributed by atoms with Crippen molar-refractivity contribution in [1.82, 2.24) is 19.7 Å². The van der Waals surface area contributed by atoms with E-state index in [0.717, 1.165) is 5.69 Å². The van der Waals surface area contributed by atoms with E-state index in [1.165, 1.54) is 23.3 Å². The number of fused-ring (bicyclic) bond motifs is 3. The lowest BCUT2D eigenvalue weighted by Gasteiger charge is -2.27. The highest BCUT2D eigenvalue weighted by Gasteiger charge is 2.35. The van der Waals surface area contributed by atoms with Gasteiger partial charge >= 0.3 is 6.03 Å². The molecule has 9 nitrogen and oxygen atoms in total. The van der Waals surface area contributed by atoms with E-state index in [2.05, 4.69) is 10.4 Å². The van der Waals surface area contributed by atoms with E-state index >= 15 is 0 Å². The Morgan fingerprint density at radius 1 is 1.47 bits per heavy atom. The Bertz CT molecular complexity index is 998. The van der Waals surface area contributed by atoms with E-state index in [0.29, 0.717) is 43.1 Å². The van der Waals surface area contributed by atoms with Crippen molar-refractivity contribution < 1.29 is 23.6 Å². The normalized spacial score (nSPS) is 18.7. The third kappa shape index (κ3) is 3.85. The summed E-state index contributed by atoms with van der Waals surface area (Å²) in [7, 11) is 3.11. The molecule has 160 valence electrons. The lowest BCUT2D eigenvalue weighted by molar-refractivity contribution is -0.163. The molecule has 1 N–H and O–H groups in total. The van der Waals surface area contributed by atoms with E-state index in [4.69, 9.17) is 21.2 Å². The van der Waals surface area contributed by atoms with Gasteiger partial charge in [-0.1, -0.05) is 11.6 Å². The van der Waals surface area contributed by atoms with E-state index in [1.807, 2.05) is 0 Å². The number of benzene rings is 1. The van der Waals surface area contributed by atoms with E-state index in [9.17, 15) is 14.0 Å². The van der Waals surface area contributed by atoms with E-state index in [-0.39, 0.29) is 29.6 Å². The smallest absolute Gasteiger partial charge is 0.322 e. The minimum Gasteiger partial charge on any atom is -0.382 e. The predicted molar refractivity (Wildman–Crippen MR) is 106 cm³/mol. The molecule has 0 radical (unpaired) electrons. The molecule has 1 aromatic heterocycles. The van der Waals surface area contributed by atoms with Gasteiger partial charge in [-0.15, -0.1) is 0 Å². The van der Waals surface area contributed by atoms with Crippen LogP contribution in [0.15, 0.2) is 18.2 Å². The average molecular weight is 438 g/mol. The van der Waals surface area contributed by atoms with Crippen molar-refractivity contribution in [3.8, 4) is 0 Å². The number of rotatable bonds is 3. The van der Waals surface area contributed by atoms with Crippen LogP contribution in [0.4, 0.5) is 14.9 Å². The highest BCUT2D eigenvalue weighted by atomic mass is 35.5. The number of nitrogens with zero attached hydrogens (tertiary/aromatic N) is 4. The molecular weight excluding hydrogens is 417 g/mol. The molecule has 2 aromatic rings. The Kier molecular flexibility index (Phi) is 5.63. The van der Waals surface area contributed by atoms with Crippen molar-refractivity contribution in [1.29, 1.82) is 0 Å². The van der Waals surface area contributed by atoms with Crippen molar-refractivity contribution >= 4 is 29.2 Å². The highest BCUT2D eigenvalue weighted by Crippen LogP contribution is 2.27. The summed E-state index contributed by atoms with van der Waals surface area (Å²) in [4.78, 5) is 32.8. The molecule has 2 aliphatic rings. The fourth-order valence-electron chi connectivity index (χ4n) is 3.66. The summed E-state index contributed by atoms with van der Waals surface area (Å²) < 4.78 is 20.1. The van der Waals surface area contributed by atoms with Crippen LogP contribution in [-0.2, 0) is 29.1 Å². The zero-order chi connectivity index (χ0) is 21.4. The lowest BCUT2D eigenvalue weighted by atomic mass is 10.1. The second-order valence-electron chi connectivity index (χ2n) is 7.17. The molecule has 3 heterocycles. The van der Waals surface area contributed by atoms with E-state index < -0.39 is 5.82 Å².